The summed E-state index contributed by atoms with van der Waals surface area (Å²) in [6, 6.07) is 0.127. The number of carbonyl (C=O) groups excluding carboxylic acids is 1. The number of nitrogens with one attached hydrogen (secondary N) is 1. The molecule has 174 valence electrons. The summed E-state index contributed by atoms with van der Waals surface area (Å²) in [5.41, 5.74) is 0.857. The molecule has 1 amide bonds. The van der Waals surface area contributed by atoms with Crippen molar-refractivity contribution in [2.45, 2.75) is 68.9 Å². The van der Waals surface area contributed by atoms with Crippen molar-refractivity contribution >= 4 is 21.7 Å². The lowest BCUT2D eigenvalue weighted by atomic mass is 9.52. The number of amides is 1. The summed E-state index contributed by atoms with van der Waals surface area (Å²) < 4.78 is 23.9. The van der Waals surface area contributed by atoms with Gasteiger partial charge in [-0.25, -0.2) is 18.4 Å². The number of nitrogens with zero attached hydrogens (tertiary/aromatic N) is 3. The normalized spacial score (nSPS) is 37.8. The lowest BCUT2D eigenvalue weighted by Crippen LogP contribution is -2.61. The van der Waals surface area contributed by atoms with E-state index in [1.54, 1.807) is 6.20 Å². The zero-order chi connectivity index (χ0) is 22.1. The van der Waals surface area contributed by atoms with Crippen LogP contribution in [0.5, 0.6) is 0 Å². The van der Waals surface area contributed by atoms with Gasteiger partial charge in [-0.1, -0.05) is 0 Å². The number of aliphatic hydroxyl groups is 1. The van der Waals surface area contributed by atoms with Gasteiger partial charge in [-0.2, -0.15) is 0 Å². The molecule has 32 heavy (non-hydrogen) atoms. The molecule has 2 unspecified atom stereocenters. The topological polar surface area (TPSA) is 112 Å². The van der Waals surface area contributed by atoms with E-state index in [1.165, 1.54) is 0 Å². The second kappa shape index (κ2) is 7.38. The Morgan fingerprint density at radius 1 is 1.12 bits per heavy atom. The monoisotopic (exact) mass is 460 g/mol. The van der Waals surface area contributed by atoms with E-state index >= 15 is 0 Å². The first-order chi connectivity index (χ1) is 15.3. The van der Waals surface area contributed by atoms with Crippen molar-refractivity contribution in [1.82, 2.24) is 15.3 Å². The Labute approximate surface area is 189 Å². The quantitative estimate of drug-likeness (QED) is 0.702. The fourth-order valence-electron chi connectivity index (χ4n) is 6.97. The van der Waals surface area contributed by atoms with Crippen LogP contribution >= 0.6 is 0 Å². The van der Waals surface area contributed by atoms with Crippen LogP contribution in [0.1, 0.15) is 73.3 Å². The molecule has 7 rings (SSSR count). The Hall–Kier alpha value is -1.74. The number of aromatic nitrogens is 2. The Balaban J connectivity index is 1.22. The molecule has 6 aliphatic rings. The summed E-state index contributed by atoms with van der Waals surface area (Å²) >= 11 is 0. The van der Waals surface area contributed by atoms with E-state index < -0.39 is 15.4 Å². The zero-order valence-electron chi connectivity index (χ0n) is 18.4. The van der Waals surface area contributed by atoms with E-state index in [-0.39, 0.29) is 29.4 Å². The van der Waals surface area contributed by atoms with E-state index in [4.69, 9.17) is 4.98 Å². The molecule has 0 aromatic carbocycles. The zero-order valence-corrected chi connectivity index (χ0v) is 19.2. The minimum absolute atomic E-state index is 0.0960. The van der Waals surface area contributed by atoms with Gasteiger partial charge in [0, 0.05) is 31.2 Å². The summed E-state index contributed by atoms with van der Waals surface area (Å²) in [6.45, 7) is 1.01. The average Bonchev–Trinajstić information content (AvgIpc) is 3.57. The molecule has 5 saturated carbocycles. The molecule has 1 aliphatic heterocycles. The van der Waals surface area contributed by atoms with Gasteiger partial charge in [0.1, 0.15) is 0 Å². The van der Waals surface area contributed by atoms with Crippen LogP contribution in [0.3, 0.4) is 0 Å². The minimum atomic E-state index is -3.00. The van der Waals surface area contributed by atoms with Gasteiger partial charge < -0.3 is 15.3 Å². The largest absolute Gasteiger partial charge is 0.390 e. The van der Waals surface area contributed by atoms with Gasteiger partial charge in [0.25, 0.3) is 5.91 Å². The van der Waals surface area contributed by atoms with E-state index in [0.717, 1.165) is 50.6 Å². The number of anilines is 1. The molecule has 0 radical (unpaired) electrons. The molecule has 0 spiro atoms. The molecule has 1 saturated heterocycles. The van der Waals surface area contributed by atoms with Crippen LogP contribution in [0.15, 0.2) is 6.20 Å². The van der Waals surface area contributed by atoms with Crippen molar-refractivity contribution in [3.05, 3.63) is 17.5 Å². The van der Waals surface area contributed by atoms with Gasteiger partial charge >= 0.3 is 0 Å². The molecule has 1 aromatic heterocycles. The third-order valence-electron chi connectivity index (χ3n) is 8.39. The molecule has 4 bridgehead atoms. The van der Waals surface area contributed by atoms with Crippen molar-refractivity contribution < 1.29 is 18.3 Å². The van der Waals surface area contributed by atoms with Gasteiger partial charge in [-0.3, -0.25) is 4.79 Å². The molecule has 1 aromatic rings. The second-order valence-electron chi connectivity index (χ2n) is 10.9. The Bertz CT molecular complexity index is 1020. The molecule has 5 aliphatic carbocycles. The van der Waals surface area contributed by atoms with Crippen LogP contribution in [0.4, 0.5) is 5.95 Å². The number of sulfone groups is 1. The second-order valence-corrected chi connectivity index (χ2v) is 13.2. The summed E-state index contributed by atoms with van der Waals surface area (Å²) in [4.78, 5) is 24.6. The first-order valence-corrected chi connectivity index (χ1v) is 14.0. The van der Waals surface area contributed by atoms with Crippen LogP contribution in [-0.2, 0) is 9.84 Å². The van der Waals surface area contributed by atoms with Gasteiger partial charge in [0.05, 0.1) is 28.4 Å². The fraction of sp³-hybridized carbons (Fsp3) is 0.783. The lowest BCUT2D eigenvalue weighted by Gasteiger charge is -2.58. The van der Waals surface area contributed by atoms with Gasteiger partial charge in [0.2, 0.25) is 5.95 Å². The third-order valence-corrected chi connectivity index (χ3v) is 10.1. The highest BCUT2D eigenvalue weighted by Crippen LogP contribution is 2.55. The van der Waals surface area contributed by atoms with Crippen molar-refractivity contribution in [2.75, 3.05) is 29.5 Å². The van der Waals surface area contributed by atoms with Crippen LogP contribution in [0, 0.1) is 17.8 Å². The highest BCUT2D eigenvalue weighted by atomic mass is 32.2. The number of hydrogen-bond donors (Lipinski definition) is 2. The van der Waals surface area contributed by atoms with Crippen LogP contribution < -0.4 is 10.2 Å². The number of carbonyl (C=O) groups is 1. The van der Waals surface area contributed by atoms with Gasteiger partial charge in [-0.15, -0.1) is 0 Å². The molecular formula is C23H32N4O4S. The summed E-state index contributed by atoms with van der Waals surface area (Å²) in [7, 11) is -3.00. The molecule has 2 N–H and O–H groups in total. The first kappa shape index (κ1) is 20.8. The Kier molecular flexibility index (Phi) is 4.81. The smallest absolute Gasteiger partial charge is 0.254 e. The first-order valence-electron chi connectivity index (χ1n) is 12.1. The summed E-state index contributed by atoms with van der Waals surface area (Å²) in [5, 5.41) is 14.1. The van der Waals surface area contributed by atoms with Crippen LogP contribution in [0.2, 0.25) is 0 Å². The molecule has 2 heterocycles. The third kappa shape index (κ3) is 3.81. The van der Waals surface area contributed by atoms with E-state index in [9.17, 15) is 18.3 Å². The number of rotatable bonds is 4. The Morgan fingerprint density at radius 2 is 1.88 bits per heavy atom. The lowest BCUT2D eigenvalue weighted by molar-refractivity contribution is -0.136. The van der Waals surface area contributed by atoms with E-state index in [2.05, 4.69) is 10.3 Å². The summed E-state index contributed by atoms with van der Waals surface area (Å²) in [5.74, 6) is 2.38. The highest BCUT2D eigenvalue weighted by Gasteiger charge is 2.55. The number of hydrogen-bond acceptors (Lipinski definition) is 7. The highest BCUT2D eigenvalue weighted by molar-refractivity contribution is 7.91. The van der Waals surface area contributed by atoms with E-state index in [1.807, 2.05) is 4.90 Å². The molecule has 9 heteroatoms. The maximum Gasteiger partial charge on any atom is 0.254 e. The van der Waals surface area contributed by atoms with E-state index in [0.29, 0.717) is 48.8 Å². The van der Waals surface area contributed by atoms with Crippen LogP contribution in [-0.4, -0.2) is 65.6 Å². The molecular weight excluding hydrogens is 428 g/mol. The summed E-state index contributed by atoms with van der Waals surface area (Å²) in [6.07, 6.45) is 9.00. The van der Waals surface area contributed by atoms with Crippen LogP contribution in [0.25, 0.3) is 0 Å². The average molecular weight is 461 g/mol. The van der Waals surface area contributed by atoms with Gasteiger partial charge in [0.15, 0.2) is 9.84 Å². The molecule has 8 nitrogen and oxygen atoms in total. The maximum atomic E-state index is 13.4. The Morgan fingerprint density at radius 3 is 2.56 bits per heavy atom. The predicted octanol–water partition coefficient (Wildman–Crippen LogP) is 1.65. The maximum absolute atomic E-state index is 13.4. The van der Waals surface area contributed by atoms with Crippen molar-refractivity contribution in [2.24, 2.45) is 17.8 Å². The van der Waals surface area contributed by atoms with Crippen molar-refractivity contribution in [3.8, 4) is 0 Å². The standard InChI is InChI=1S/C23H32N4O4S/c28-21(25-19-16-8-14-9-17(19)12-23(29,10-14)11-16)18-13-24-22(26-20(18)15-2-3-15)27-4-1-6-32(30,31)7-5-27/h13-17,19,29H,1-12H2,(H,25,28)/t14?,16?,17?,19-,23+. The van der Waals surface area contributed by atoms with Crippen molar-refractivity contribution in [3.63, 3.8) is 0 Å². The molecule has 2 atom stereocenters. The SMILES string of the molecule is O=C(N[C@H]1C2CC3CC1C[C@@](O)(C3)C2)c1cnc(N2CCCS(=O)(=O)CC2)nc1C1CC1. The van der Waals surface area contributed by atoms with Gasteiger partial charge in [-0.05, 0) is 69.1 Å². The molecule has 6 fully saturated rings. The minimum Gasteiger partial charge on any atom is -0.390 e. The van der Waals surface area contributed by atoms with Crippen molar-refractivity contribution in [1.29, 1.82) is 0 Å². The fourth-order valence-corrected chi connectivity index (χ4v) is 8.24. The predicted molar refractivity (Wildman–Crippen MR) is 119 cm³/mol.